The second-order valence-electron chi connectivity index (χ2n) is 11.0. The number of rotatable bonds is 4. The van der Waals surface area contributed by atoms with E-state index in [2.05, 4.69) is 167 Å². The third-order valence-electron chi connectivity index (χ3n) is 8.55. The molecule has 0 saturated carbocycles. The van der Waals surface area contributed by atoms with Crippen molar-refractivity contribution in [3.8, 4) is 5.69 Å². The molecule has 0 N–H and O–H groups in total. The Morgan fingerprint density at radius 3 is 1.86 bits per heavy atom. The molecule has 2 heterocycles. The van der Waals surface area contributed by atoms with E-state index < -0.39 is 0 Å². The molecule has 0 aliphatic rings. The Hall–Kier alpha value is -5.38. The molecule has 0 amide bonds. The third kappa shape index (κ3) is 3.72. The van der Waals surface area contributed by atoms with Gasteiger partial charge in [-0.1, -0.05) is 91.0 Å². The summed E-state index contributed by atoms with van der Waals surface area (Å²) in [6, 6.07) is 57.1. The van der Waals surface area contributed by atoms with Crippen LogP contribution in [-0.4, -0.2) is 4.57 Å². The molecule has 2 aromatic heterocycles. The predicted octanol–water partition coefficient (Wildman–Crippen LogP) is 11.8. The summed E-state index contributed by atoms with van der Waals surface area (Å²) in [5.74, 6) is 0. The van der Waals surface area contributed by atoms with Gasteiger partial charge >= 0.3 is 0 Å². The molecular weight excluding hydrogens is 541 g/mol. The summed E-state index contributed by atoms with van der Waals surface area (Å²) in [5, 5.41) is 7.71. The molecule has 0 aliphatic carbocycles. The minimum Gasteiger partial charge on any atom is -0.310 e. The van der Waals surface area contributed by atoms with Gasteiger partial charge in [-0.3, -0.25) is 0 Å². The van der Waals surface area contributed by atoms with Crippen LogP contribution in [0.2, 0.25) is 0 Å². The Morgan fingerprint density at radius 1 is 0.419 bits per heavy atom. The van der Waals surface area contributed by atoms with Crippen molar-refractivity contribution in [1.82, 2.24) is 4.57 Å². The first-order valence-electron chi connectivity index (χ1n) is 14.6. The second kappa shape index (κ2) is 9.59. The lowest BCUT2D eigenvalue weighted by atomic mass is 10.0. The van der Waals surface area contributed by atoms with Crippen molar-refractivity contribution in [1.29, 1.82) is 0 Å². The molecule has 7 aromatic carbocycles. The van der Waals surface area contributed by atoms with Gasteiger partial charge < -0.3 is 9.47 Å². The van der Waals surface area contributed by atoms with Crippen LogP contribution in [0.25, 0.3) is 58.4 Å². The standard InChI is InChI=1S/C40H26N2S/c1-3-14-28(15-4-1)41(29-16-5-2-6-17-29)30-22-23-35-33(26-30)39-36(24-25-38-40(39)32-19-9-10-21-37(32)43-38)42(35)34-20-11-13-27-12-7-8-18-31(27)34/h1-26H. The average molecular weight is 567 g/mol. The summed E-state index contributed by atoms with van der Waals surface area (Å²) in [6.07, 6.45) is 0. The van der Waals surface area contributed by atoms with E-state index in [0.29, 0.717) is 0 Å². The molecule has 0 fully saturated rings. The molecule has 0 spiro atoms. The minimum atomic E-state index is 1.14. The van der Waals surface area contributed by atoms with Crippen LogP contribution in [0.1, 0.15) is 0 Å². The number of nitrogens with zero attached hydrogens (tertiary/aromatic N) is 2. The van der Waals surface area contributed by atoms with Crippen LogP contribution in [0, 0.1) is 0 Å². The molecule has 2 nitrogen and oxygen atoms in total. The molecule has 3 heteroatoms. The first-order chi connectivity index (χ1) is 21.3. The van der Waals surface area contributed by atoms with Crippen molar-refractivity contribution >= 4 is 81.1 Å². The van der Waals surface area contributed by atoms with E-state index in [9.17, 15) is 0 Å². The number of hydrogen-bond donors (Lipinski definition) is 0. The summed E-state index contributed by atoms with van der Waals surface area (Å²) in [7, 11) is 0. The minimum absolute atomic E-state index is 1.14. The Kier molecular flexibility index (Phi) is 5.40. The number of anilines is 3. The Labute approximate surface area is 253 Å². The van der Waals surface area contributed by atoms with E-state index in [-0.39, 0.29) is 0 Å². The molecular formula is C40H26N2S. The van der Waals surface area contributed by atoms with Crippen molar-refractivity contribution in [3.63, 3.8) is 0 Å². The van der Waals surface area contributed by atoms with E-state index in [0.717, 1.165) is 17.1 Å². The van der Waals surface area contributed by atoms with Gasteiger partial charge in [-0.25, -0.2) is 0 Å². The van der Waals surface area contributed by atoms with Crippen LogP contribution < -0.4 is 4.90 Å². The molecule has 0 radical (unpaired) electrons. The first-order valence-corrected chi connectivity index (χ1v) is 15.4. The topological polar surface area (TPSA) is 8.17 Å². The molecule has 0 atom stereocenters. The van der Waals surface area contributed by atoms with Crippen molar-refractivity contribution in [2.75, 3.05) is 4.90 Å². The number of fused-ring (bicyclic) bond motifs is 8. The molecule has 43 heavy (non-hydrogen) atoms. The fourth-order valence-corrected chi connectivity index (χ4v) is 7.83. The van der Waals surface area contributed by atoms with Crippen molar-refractivity contribution in [3.05, 3.63) is 158 Å². The number of aromatic nitrogens is 1. The van der Waals surface area contributed by atoms with Gasteiger partial charge in [-0.2, -0.15) is 0 Å². The van der Waals surface area contributed by atoms with Crippen LogP contribution in [0.15, 0.2) is 158 Å². The van der Waals surface area contributed by atoms with Gasteiger partial charge in [0.1, 0.15) is 0 Å². The number of benzene rings is 7. The van der Waals surface area contributed by atoms with Crippen LogP contribution in [0.3, 0.4) is 0 Å². The van der Waals surface area contributed by atoms with E-state index in [1.165, 1.54) is 58.4 Å². The lowest BCUT2D eigenvalue weighted by Gasteiger charge is -2.25. The van der Waals surface area contributed by atoms with Gasteiger partial charge in [0.2, 0.25) is 0 Å². The Balaban J connectivity index is 1.43. The summed E-state index contributed by atoms with van der Waals surface area (Å²) in [4.78, 5) is 2.35. The SMILES string of the molecule is c1ccc(N(c2ccccc2)c2ccc3c(c2)c2c4c(ccc2n3-c2cccc3ccccc23)sc2ccccc24)cc1. The van der Waals surface area contributed by atoms with Gasteiger partial charge in [0.15, 0.2) is 0 Å². The predicted molar refractivity (Wildman–Crippen MR) is 186 cm³/mol. The normalized spacial score (nSPS) is 11.7. The molecule has 0 bridgehead atoms. The van der Waals surface area contributed by atoms with E-state index in [1.807, 2.05) is 11.3 Å². The van der Waals surface area contributed by atoms with E-state index in [4.69, 9.17) is 0 Å². The summed E-state index contributed by atoms with van der Waals surface area (Å²) >= 11 is 1.88. The lowest BCUT2D eigenvalue weighted by molar-refractivity contribution is 1.20. The Morgan fingerprint density at radius 2 is 1.07 bits per heavy atom. The highest BCUT2D eigenvalue weighted by Gasteiger charge is 2.21. The number of hydrogen-bond acceptors (Lipinski definition) is 2. The zero-order chi connectivity index (χ0) is 28.3. The fourth-order valence-electron chi connectivity index (χ4n) is 6.72. The van der Waals surface area contributed by atoms with E-state index in [1.54, 1.807) is 0 Å². The summed E-state index contributed by atoms with van der Waals surface area (Å²) in [6.45, 7) is 0. The molecule has 9 rings (SSSR count). The maximum atomic E-state index is 2.47. The number of thiophene rings is 1. The van der Waals surface area contributed by atoms with Gasteiger partial charge in [-0.15, -0.1) is 11.3 Å². The van der Waals surface area contributed by atoms with Crippen LogP contribution in [0.5, 0.6) is 0 Å². The fraction of sp³-hybridized carbons (Fsp3) is 0. The molecule has 0 unspecified atom stereocenters. The highest BCUT2D eigenvalue weighted by Crippen LogP contribution is 2.46. The van der Waals surface area contributed by atoms with Gasteiger partial charge in [0, 0.05) is 53.4 Å². The Bertz CT molecular complexity index is 2410. The first kappa shape index (κ1) is 24.2. The molecule has 202 valence electrons. The van der Waals surface area contributed by atoms with E-state index >= 15 is 0 Å². The lowest BCUT2D eigenvalue weighted by Crippen LogP contribution is -2.09. The third-order valence-corrected chi connectivity index (χ3v) is 9.68. The van der Waals surface area contributed by atoms with Crippen LogP contribution in [0.4, 0.5) is 17.1 Å². The molecule has 0 aliphatic heterocycles. The largest absolute Gasteiger partial charge is 0.310 e. The summed E-state index contributed by atoms with van der Waals surface area (Å²) in [5.41, 5.74) is 7.05. The average Bonchev–Trinajstić information content (AvgIpc) is 3.61. The highest BCUT2D eigenvalue weighted by atomic mass is 32.1. The zero-order valence-electron chi connectivity index (χ0n) is 23.3. The highest BCUT2D eigenvalue weighted by molar-refractivity contribution is 7.26. The van der Waals surface area contributed by atoms with Crippen molar-refractivity contribution in [2.24, 2.45) is 0 Å². The van der Waals surface area contributed by atoms with Crippen molar-refractivity contribution in [2.45, 2.75) is 0 Å². The van der Waals surface area contributed by atoms with Gasteiger partial charge in [0.05, 0.1) is 16.7 Å². The maximum Gasteiger partial charge on any atom is 0.0548 e. The number of para-hydroxylation sites is 2. The zero-order valence-corrected chi connectivity index (χ0v) is 24.1. The van der Waals surface area contributed by atoms with Crippen molar-refractivity contribution < 1.29 is 0 Å². The molecule has 0 saturated heterocycles. The molecule has 9 aromatic rings. The monoisotopic (exact) mass is 566 g/mol. The summed E-state index contributed by atoms with van der Waals surface area (Å²) < 4.78 is 5.11. The van der Waals surface area contributed by atoms with Crippen LogP contribution in [-0.2, 0) is 0 Å². The van der Waals surface area contributed by atoms with Gasteiger partial charge in [-0.05, 0) is 72.1 Å². The smallest absolute Gasteiger partial charge is 0.0548 e. The van der Waals surface area contributed by atoms with Crippen LogP contribution >= 0.6 is 11.3 Å². The second-order valence-corrected chi connectivity index (χ2v) is 12.1. The maximum absolute atomic E-state index is 2.47. The quantitative estimate of drug-likeness (QED) is 0.206. The van der Waals surface area contributed by atoms with Gasteiger partial charge in [0.25, 0.3) is 0 Å².